The van der Waals surface area contributed by atoms with Crippen molar-refractivity contribution in [2.24, 2.45) is 0 Å². The van der Waals surface area contributed by atoms with E-state index in [-0.39, 0.29) is 5.91 Å². The van der Waals surface area contributed by atoms with Crippen LogP contribution in [-0.2, 0) is 11.3 Å². The summed E-state index contributed by atoms with van der Waals surface area (Å²) < 4.78 is 5.23. The number of likely N-dealkylation sites (tertiary alicyclic amines) is 1. The lowest BCUT2D eigenvalue weighted by Gasteiger charge is -2.38. The third kappa shape index (κ3) is 4.33. The zero-order valence-corrected chi connectivity index (χ0v) is 14.0. The smallest absolute Gasteiger partial charge is 0.255 e. The van der Waals surface area contributed by atoms with Gasteiger partial charge in [-0.15, -0.1) is 6.58 Å². The van der Waals surface area contributed by atoms with E-state index in [9.17, 15) is 9.90 Å². The molecular formula is C18H26N2O3. The Morgan fingerprint density at radius 2 is 2.17 bits per heavy atom. The summed E-state index contributed by atoms with van der Waals surface area (Å²) in [4.78, 5) is 16.6. The van der Waals surface area contributed by atoms with Crippen molar-refractivity contribution in [3.8, 4) is 5.75 Å². The Balaban J connectivity index is 2.13. The second-order valence-electron chi connectivity index (χ2n) is 6.16. The molecule has 0 saturated carbocycles. The third-order valence-corrected chi connectivity index (χ3v) is 4.36. The lowest BCUT2D eigenvalue weighted by molar-refractivity contribution is -0.156. The predicted octanol–water partition coefficient (Wildman–Crippen LogP) is 1.67. The van der Waals surface area contributed by atoms with Gasteiger partial charge in [-0.3, -0.25) is 4.79 Å². The van der Waals surface area contributed by atoms with Gasteiger partial charge in [0.05, 0.1) is 7.11 Å². The molecule has 0 aromatic heterocycles. The van der Waals surface area contributed by atoms with Crippen LogP contribution in [0.25, 0.3) is 0 Å². The normalized spacial score (nSPS) is 17.5. The summed E-state index contributed by atoms with van der Waals surface area (Å²) in [6.07, 6.45) is 2.62. The average Bonchev–Trinajstić information content (AvgIpc) is 2.57. The summed E-state index contributed by atoms with van der Waals surface area (Å²) in [7, 11) is 3.62. The van der Waals surface area contributed by atoms with Crippen LogP contribution in [0, 0.1) is 0 Å². The van der Waals surface area contributed by atoms with E-state index in [1.54, 1.807) is 18.1 Å². The highest BCUT2D eigenvalue weighted by molar-refractivity contribution is 5.85. The molecule has 0 radical (unpaired) electrons. The van der Waals surface area contributed by atoms with E-state index in [2.05, 4.69) is 11.5 Å². The Bertz CT molecular complexity index is 551. The number of methoxy groups -OCH3 is 1. The van der Waals surface area contributed by atoms with Gasteiger partial charge in [0.2, 0.25) is 0 Å². The lowest BCUT2D eigenvalue weighted by atomic mass is 9.90. The summed E-state index contributed by atoms with van der Waals surface area (Å²) in [5.41, 5.74) is -0.301. The van der Waals surface area contributed by atoms with Crippen LogP contribution in [0.2, 0.25) is 0 Å². The second kappa shape index (κ2) is 7.62. The SMILES string of the molecule is C=CCN(Cc1cccc(OC)c1)C(=O)C1(O)CCN(C)CC1. The first-order valence-electron chi connectivity index (χ1n) is 7.92. The minimum atomic E-state index is -1.27. The van der Waals surface area contributed by atoms with Crippen molar-refractivity contribution in [1.82, 2.24) is 9.80 Å². The van der Waals surface area contributed by atoms with Crippen LogP contribution in [0.4, 0.5) is 0 Å². The molecule has 5 heteroatoms. The van der Waals surface area contributed by atoms with Gasteiger partial charge in [-0.2, -0.15) is 0 Å². The molecule has 0 unspecified atom stereocenters. The molecule has 1 N–H and O–H groups in total. The summed E-state index contributed by atoms with van der Waals surface area (Å²) in [6.45, 7) is 6.02. The van der Waals surface area contributed by atoms with Gasteiger partial charge in [0.15, 0.2) is 0 Å². The van der Waals surface area contributed by atoms with Crippen molar-refractivity contribution in [2.45, 2.75) is 25.0 Å². The van der Waals surface area contributed by atoms with E-state index < -0.39 is 5.60 Å². The van der Waals surface area contributed by atoms with E-state index in [0.717, 1.165) is 24.4 Å². The number of ether oxygens (including phenoxy) is 1. The first kappa shape index (κ1) is 17.5. The maximum absolute atomic E-state index is 12.9. The molecule has 1 heterocycles. The predicted molar refractivity (Wildman–Crippen MR) is 90.3 cm³/mol. The summed E-state index contributed by atoms with van der Waals surface area (Å²) >= 11 is 0. The van der Waals surface area contributed by atoms with E-state index in [1.165, 1.54) is 0 Å². The van der Waals surface area contributed by atoms with Gasteiger partial charge in [-0.05, 0) is 37.6 Å². The van der Waals surface area contributed by atoms with E-state index in [0.29, 0.717) is 25.9 Å². The van der Waals surface area contributed by atoms with Crippen molar-refractivity contribution in [3.63, 3.8) is 0 Å². The van der Waals surface area contributed by atoms with Crippen molar-refractivity contribution < 1.29 is 14.6 Å². The van der Waals surface area contributed by atoms with Crippen LogP contribution in [0.3, 0.4) is 0 Å². The minimum Gasteiger partial charge on any atom is -0.497 e. The molecular weight excluding hydrogens is 292 g/mol. The third-order valence-electron chi connectivity index (χ3n) is 4.36. The van der Waals surface area contributed by atoms with Crippen molar-refractivity contribution in [1.29, 1.82) is 0 Å². The molecule has 5 nitrogen and oxygen atoms in total. The molecule has 1 aliphatic rings. The molecule has 1 aromatic rings. The number of hydrogen-bond acceptors (Lipinski definition) is 4. The summed E-state index contributed by atoms with van der Waals surface area (Å²) in [6, 6.07) is 7.62. The molecule has 0 atom stereocenters. The second-order valence-corrected chi connectivity index (χ2v) is 6.16. The van der Waals surface area contributed by atoms with E-state index >= 15 is 0 Å². The first-order chi connectivity index (χ1) is 11.0. The number of hydrogen-bond donors (Lipinski definition) is 1. The van der Waals surface area contributed by atoms with Crippen molar-refractivity contribution >= 4 is 5.91 Å². The zero-order chi connectivity index (χ0) is 16.9. The number of amides is 1. The van der Waals surface area contributed by atoms with Crippen LogP contribution in [-0.4, -0.2) is 60.2 Å². The standard InChI is InChI=1S/C18H26N2O3/c1-4-10-20(14-15-6-5-7-16(13-15)23-3)17(21)18(22)8-11-19(2)12-9-18/h4-7,13,22H,1,8-12,14H2,2-3H3. The largest absolute Gasteiger partial charge is 0.497 e. The zero-order valence-electron chi connectivity index (χ0n) is 14.0. The van der Waals surface area contributed by atoms with Gasteiger partial charge < -0.3 is 19.6 Å². The number of carbonyl (C=O) groups excluding carboxylic acids is 1. The molecule has 0 spiro atoms. The maximum atomic E-state index is 12.9. The van der Waals surface area contributed by atoms with Gasteiger partial charge in [-0.25, -0.2) is 0 Å². The molecule has 1 saturated heterocycles. The topological polar surface area (TPSA) is 53.0 Å². The lowest BCUT2D eigenvalue weighted by Crippen LogP contribution is -2.54. The van der Waals surface area contributed by atoms with Crippen LogP contribution in [0.5, 0.6) is 5.75 Å². The molecule has 1 aliphatic heterocycles. The fourth-order valence-electron chi connectivity index (χ4n) is 2.86. The van der Waals surface area contributed by atoms with Crippen LogP contribution < -0.4 is 4.74 Å². The van der Waals surface area contributed by atoms with Gasteiger partial charge in [0.25, 0.3) is 5.91 Å². The number of carbonyl (C=O) groups is 1. The maximum Gasteiger partial charge on any atom is 0.255 e. The Hall–Kier alpha value is -1.85. The monoisotopic (exact) mass is 318 g/mol. The number of benzene rings is 1. The summed E-state index contributed by atoms with van der Waals surface area (Å²) in [5.74, 6) is 0.542. The Labute approximate surface area is 138 Å². The minimum absolute atomic E-state index is 0.215. The van der Waals surface area contributed by atoms with Gasteiger partial charge in [0, 0.05) is 26.2 Å². The Morgan fingerprint density at radius 1 is 1.48 bits per heavy atom. The Morgan fingerprint density at radius 3 is 2.78 bits per heavy atom. The summed E-state index contributed by atoms with van der Waals surface area (Å²) in [5, 5.41) is 10.8. The fraction of sp³-hybridized carbons (Fsp3) is 0.500. The van der Waals surface area contributed by atoms with Gasteiger partial charge in [-0.1, -0.05) is 18.2 Å². The highest BCUT2D eigenvalue weighted by atomic mass is 16.5. The van der Waals surface area contributed by atoms with Crippen LogP contribution in [0.1, 0.15) is 18.4 Å². The molecule has 126 valence electrons. The first-order valence-corrected chi connectivity index (χ1v) is 7.92. The number of nitrogens with zero attached hydrogens (tertiary/aromatic N) is 2. The highest BCUT2D eigenvalue weighted by Gasteiger charge is 2.41. The van der Waals surface area contributed by atoms with E-state index in [1.807, 2.05) is 31.3 Å². The quantitative estimate of drug-likeness (QED) is 0.811. The van der Waals surface area contributed by atoms with Crippen molar-refractivity contribution in [2.75, 3.05) is 33.8 Å². The molecule has 1 fully saturated rings. The molecule has 0 bridgehead atoms. The average molecular weight is 318 g/mol. The molecule has 23 heavy (non-hydrogen) atoms. The van der Waals surface area contributed by atoms with Crippen LogP contribution in [0.15, 0.2) is 36.9 Å². The van der Waals surface area contributed by atoms with Gasteiger partial charge >= 0.3 is 0 Å². The van der Waals surface area contributed by atoms with Crippen molar-refractivity contribution in [3.05, 3.63) is 42.5 Å². The molecule has 0 aliphatic carbocycles. The number of piperidine rings is 1. The highest BCUT2D eigenvalue weighted by Crippen LogP contribution is 2.25. The van der Waals surface area contributed by atoms with Gasteiger partial charge in [0.1, 0.15) is 11.4 Å². The Kier molecular flexibility index (Phi) is 5.80. The fourth-order valence-corrected chi connectivity index (χ4v) is 2.86. The molecule has 1 amide bonds. The number of rotatable bonds is 6. The number of aliphatic hydroxyl groups is 1. The molecule has 1 aromatic carbocycles. The van der Waals surface area contributed by atoms with Crippen LogP contribution >= 0.6 is 0 Å². The molecule has 2 rings (SSSR count). The van der Waals surface area contributed by atoms with E-state index in [4.69, 9.17) is 4.74 Å².